The molecule has 0 bridgehead atoms. The van der Waals surface area contributed by atoms with Crippen LogP contribution in [0.5, 0.6) is 0 Å². The Morgan fingerprint density at radius 1 is 1.12 bits per heavy atom. The van der Waals surface area contributed by atoms with Gasteiger partial charge in [0, 0.05) is 15.7 Å². The van der Waals surface area contributed by atoms with Crippen molar-refractivity contribution in [3.05, 3.63) is 81.4 Å². The monoisotopic (exact) mass is 382 g/mol. The summed E-state index contributed by atoms with van der Waals surface area (Å²) in [5.74, 6) is 0.643. The second-order valence-electron chi connectivity index (χ2n) is 5.80. The number of hydrogen-bond acceptors (Lipinski definition) is 4. The van der Waals surface area contributed by atoms with Gasteiger partial charge in [0.15, 0.2) is 5.52 Å². The molecule has 0 saturated heterocycles. The summed E-state index contributed by atoms with van der Waals surface area (Å²) in [6, 6.07) is 17.5. The molecule has 130 valence electrons. The van der Waals surface area contributed by atoms with Gasteiger partial charge < -0.3 is 0 Å². The van der Waals surface area contributed by atoms with E-state index in [1.165, 1.54) is 0 Å². The van der Waals surface area contributed by atoms with Gasteiger partial charge in [-0.25, -0.2) is 9.78 Å². The van der Waals surface area contributed by atoms with Crippen molar-refractivity contribution in [2.45, 2.75) is 17.6 Å². The van der Waals surface area contributed by atoms with Crippen LogP contribution in [0.1, 0.15) is 11.4 Å². The molecule has 2 aromatic heterocycles. The molecule has 1 N–H and O–H groups in total. The Labute approximate surface area is 159 Å². The molecule has 0 aliphatic rings. The molecule has 2 heterocycles. The fourth-order valence-electron chi connectivity index (χ4n) is 2.84. The van der Waals surface area contributed by atoms with Crippen LogP contribution in [0, 0.1) is 6.92 Å². The van der Waals surface area contributed by atoms with Gasteiger partial charge in [-0.15, -0.1) is 11.8 Å². The quantitative estimate of drug-likeness (QED) is 0.532. The third-order valence-electron chi connectivity index (χ3n) is 4.10. The molecule has 4 rings (SSSR count). The summed E-state index contributed by atoms with van der Waals surface area (Å²) in [4.78, 5) is 13.4. The number of aromatic nitrogens is 4. The van der Waals surface area contributed by atoms with Gasteiger partial charge in [0.25, 0.3) is 5.56 Å². The van der Waals surface area contributed by atoms with Gasteiger partial charge >= 0.3 is 0 Å². The second kappa shape index (κ2) is 6.97. The first-order valence-electron chi connectivity index (χ1n) is 8.04. The van der Waals surface area contributed by atoms with Gasteiger partial charge in [0.1, 0.15) is 0 Å². The number of nitrogens with zero attached hydrogens (tertiary/aromatic N) is 3. The zero-order valence-electron chi connectivity index (χ0n) is 13.9. The van der Waals surface area contributed by atoms with E-state index in [-0.39, 0.29) is 5.56 Å². The zero-order chi connectivity index (χ0) is 18.1. The fourth-order valence-corrected chi connectivity index (χ4v) is 3.83. The lowest BCUT2D eigenvalue weighted by Crippen LogP contribution is -2.10. The predicted molar refractivity (Wildman–Crippen MR) is 105 cm³/mol. The van der Waals surface area contributed by atoms with Crippen molar-refractivity contribution in [2.24, 2.45) is 0 Å². The molecule has 0 amide bonds. The van der Waals surface area contributed by atoms with Crippen LogP contribution in [0.25, 0.3) is 16.6 Å². The zero-order valence-corrected chi connectivity index (χ0v) is 15.5. The van der Waals surface area contributed by atoms with Gasteiger partial charge in [0.05, 0.1) is 22.5 Å². The van der Waals surface area contributed by atoms with Crippen molar-refractivity contribution in [1.29, 1.82) is 0 Å². The lowest BCUT2D eigenvalue weighted by Gasteiger charge is -2.05. The fraction of sp³-hybridized carbons (Fsp3) is 0.105. The van der Waals surface area contributed by atoms with Crippen LogP contribution in [-0.2, 0) is 5.75 Å². The van der Waals surface area contributed by atoms with Crippen molar-refractivity contribution in [3.63, 3.8) is 0 Å². The Bertz CT molecular complexity index is 1120. The summed E-state index contributed by atoms with van der Waals surface area (Å²) in [7, 11) is 0. The highest BCUT2D eigenvalue weighted by Crippen LogP contribution is 2.27. The number of rotatable bonds is 4. The number of aryl methyl sites for hydroxylation is 1. The van der Waals surface area contributed by atoms with Crippen LogP contribution >= 0.6 is 23.4 Å². The van der Waals surface area contributed by atoms with Crippen LogP contribution < -0.4 is 5.56 Å². The maximum atomic E-state index is 12.2. The van der Waals surface area contributed by atoms with Gasteiger partial charge in [-0.2, -0.15) is 10.2 Å². The first kappa shape index (κ1) is 16.9. The number of nitrogens with one attached hydrogen (secondary N) is 1. The van der Waals surface area contributed by atoms with Crippen LogP contribution in [-0.4, -0.2) is 20.0 Å². The number of H-pyrrole nitrogens is 1. The maximum Gasteiger partial charge on any atom is 0.292 e. The number of aromatic amines is 1. The van der Waals surface area contributed by atoms with Gasteiger partial charge in [-0.1, -0.05) is 29.8 Å². The highest BCUT2D eigenvalue weighted by Gasteiger charge is 2.17. The third-order valence-corrected chi connectivity index (χ3v) is 5.38. The van der Waals surface area contributed by atoms with E-state index in [4.69, 9.17) is 11.6 Å². The lowest BCUT2D eigenvalue weighted by atomic mass is 10.2. The average Bonchev–Trinajstić information content (AvgIpc) is 3.01. The van der Waals surface area contributed by atoms with Crippen molar-refractivity contribution < 1.29 is 0 Å². The minimum atomic E-state index is -0.288. The van der Waals surface area contributed by atoms with Crippen molar-refractivity contribution in [1.82, 2.24) is 20.0 Å². The van der Waals surface area contributed by atoms with Gasteiger partial charge in [-0.3, -0.25) is 4.79 Å². The van der Waals surface area contributed by atoms with Crippen molar-refractivity contribution in [2.75, 3.05) is 0 Å². The largest absolute Gasteiger partial charge is 0.292 e. The lowest BCUT2D eigenvalue weighted by molar-refractivity contribution is 0.858. The Kier molecular flexibility index (Phi) is 4.53. The molecule has 0 unspecified atom stereocenters. The Morgan fingerprint density at radius 3 is 2.58 bits per heavy atom. The minimum Gasteiger partial charge on any atom is -0.265 e. The van der Waals surface area contributed by atoms with E-state index in [0.29, 0.717) is 16.3 Å². The van der Waals surface area contributed by atoms with E-state index in [2.05, 4.69) is 27.4 Å². The van der Waals surface area contributed by atoms with Crippen molar-refractivity contribution >= 4 is 34.3 Å². The van der Waals surface area contributed by atoms with Crippen LogP contribution in [0.4, 0.5) is 0 Å². The number of thioether (sulfide) groups is 1. The molecule has 0 atom stereocenters. The van der Waals surface area contributed by atoms with Crippen LogP contribution in [0.15, 0.2) is 64.3 Å². The summed E-state index contributed by atoms with van der Waals surface area (Å²) in [6.45, 7) is 1.95. The molecular formula is C19H15ClN4OS. The highest BCUT2D eigenvalue weighted by atomic mass is 35.5. The number of benzene rings is 2. The molecule has 0 spiro atoms. The summed E-state index contributed by atoms with van der Waals surface area (Å²) in [6.07, 6.45) is 0. The summed E-state index contributed by atoms with van der Waals surface area (Å²) < 4.78 is 1.76. The number of hydrogen-bond donors (Lipinski definition) is 1. The highest BCUT2D eigenvalue weighted by molar-refractivity contribution is 7.98. The smallest absolute Gasteiger partial charge is 0.265 e. The van der Waals surface area contributed by atoms with E-state index in [1.807, 2.05) is 37.3 Å². The van der Waals surface area contributed by atoms with E-state index < -0.39 is 0 Å². The molecular weight excluding hydrogens is 368 g/mol. The van der Waals surface area contributed by atoms with Crippen LogP contribution in [0.3, 0.4) is 0 Å². The molecule has 5 nitrogen and oxygen atoms in total. The molecule has 26 heavy (non-hydrogen) atoms. The average molecular weight is 383 g/mol. The molecule has 0 radical (unpaired) electrons. The van der Waals surface area contributed by atoms with Crippen LogP contribution in [0.2, 0.25) is 5.02 Å². The summed E-state index contributed by atoms with van der Waals surface area (Å²) >= 11 is 7.64. The first-order valence-corrected chi connectivity index (χ1v) is 9.40. The molecule has 2 aromatic carbocycles. The predicted octanol–water partition coefficient (Wildman–Crippen LogP) is 4.36. The Hall–Kier alpha value is -2.57. The van der Waals surface area contributed by atoms with Crippen molar-refractivity contribution in [3.8, 4) is 5.69 Å². The molecule has 0 saturated carbocycles. The second-order valence-corrected chi connectivity index (χ2v) is 7.28. The summed E-state index contributed by atoms with van der Waals surface area (Å²) in [5, 5.41) is 12.8. The third kappa shape index (κ3) is 3.13. The van der Waals surface area contributed by atoms with E-state index in [1.54, 1.807) is 28.6 Å². The van der Waals surface area contributed by atoms with E-state index in [9.17, 15) is 4.79 Å². The maximum absolute atomic E-state index is 12.2. The molecule has 4 aromatic rings. The standard InChI is InChI=1S/C19H15ClN4OS/c1-12-17-16(11-26-15-5-3-2-4-6-15)21-22-19(25)18(17)23-24(12)14-9-7-13(20)8-10-14/h2-10H,11H2,1H3,(H,22,25). The number of halogens is 1. The minimum absolute atomic E-state index is 0.288. The SMILES string of the molecule is Cc1c2c(CSc3ccccc3)n[nH]c(=O)c2nn1-c1ccc(Cl)cc1. The molecule has 7 heteroatoms. The Balaban J connectivity index is 1.78. The summed E-state index contributed by atoms with van der Waals surface area (Å²) in [5.41, 5.74) is 2.65. The molecule has 0 aliphatic carbocycles. The topological polar surface area (TPSA) is 63.6 Å². The normalized spacial score (nSPS) is 11.2. The van der Waals surface area contributed by atoms with Gasteiger partial charge in [0.2, 0.25) is 0 Å². The molecule has 0 fully saturated rings. The van der Waals surface area contributed by atoms with E-state index >= 15 is 0 Å². The van der Waals surface area contributed by atoms with E-state index in [0.717, 1.165) is 27.4 Å². The molecule has 0 aliphatic heterocycles. The first-order chi connectivity index (χ1) is 12.6. The van der Waals surface area contributed by atoms with Gasteiger partial charge in [-0.05, 0) is 43.3 Å². The number of fused-ring (bicyclic) bond motifs is 1. The Morgan fingerprint density at radius 2 is 1.85 bits per heavy atom.